The second kappa shape index (κ2) is 8.65. The average Bonchev–Trinajstić information content (AvgIpc) is 3.18. The van der Waals surface area contributed by atoms with Gasteiger partial charge in [0, 0.05) is 11.3 Å². The van der Waals surface area contributed by atoms with E-state index in [9.17, 15) is 9.59 Å². The molecule has 1 aromatic carbocycles. The molecule has 0 spiro atoms. The molecule has 0 bridgehead atoms. The van der Waals surface area contributed by atoms with Crippen LogP contribution >= 0.6 is 0 Å². The van der Waals surface area contributed by atoms with Crippen LogP contribution in [-0.4, -0.2) is 33.2 Å². The number of aromatic nitrogens is 3. The summed E-state index contributed by atoms with van der Waals surface area (Å²) in [6.45, 7) is 3.99. The summed E-state index contributed by atoms with van der Waals surface area (Å²) in [7, 11) is 0. The van der Waals surface area contributed by atoms with Crippen LogP contribution in [0.2, 0.25) is 0 Å². The van der Waals surface area contributed by atoms with Gasteiger partial charge in [0.25, 0.3) is 0 Å². The van der Waals surface area contributed by atoms with Crippen LogP contribution in [0.3, 0.4) is 0 Å². The molecule has 0 aliphatic heterocycles. The molecule has 2 aromatic heterocycles. The van der Waals surface area contributed by atoms with E-state index >= 15 is 0 Å². The van der Waals surface area contributed by atoms with Crippen LogP contribution in [0.1, 0.15) is 54.9 Å². The molecule has 1 aliphatic carbocycles. The van der Waals surface area contributed by atoms with E-state index in [1.54, 1.807) is 6.92 Å². The summed E-state index contributed by atoms with van der Waals surface area (Å²) in [6.07, 6.45) is 6.42. The topological polar surface area (TPSA) is 86.1 Å². The number of anilines is 1. The van der Waals surface area contributed by atoms with Crippen molar-refractivity contribution in [3.63, 3.8) is 0 Å². The first-order chi connectivity index (χ1) is 14.6. The van der Waals surface area contributed by atoms with Gasteiger partial charge in [-0.05, 0) is 44.4 Å². The number of aryl methyl sites for hydroxylation is 1. The van der Waals surface area contributed by atoms with Crippen LogP contribution in [-0.2, 0) is 9.53 Å². The standard InChI is InChI=1S/C23H26N4O3/c1-3-30-23(29)18-14-24-27(21(18)26-22(28)16-9-5-4-6-10-16)20-13-15(2)17-11-7-8-12-19(17)25-20/h7-8,11-14,16H,3-6,9-10H2,1-2H3,(H,26,28). The van der Waals surface area contributed by atoms with Crippen molar-refractivity contribution in [2.75, 3.05) is 11.9 Å². The number of rotatable bonds is 5. The van der Waals surface area contributed by atoms with Crippen molar-refractivity contribution in [3.05, 3.63) is 47.7 Å². The van der Waals surface area contributed by atoms with Gasteiger partial charge < -0.3 is 10.1 Å². The third-order valence-electron chi connectivity index (χ3n) is 5.61. The number of nitrogens with one attached hydrogen (secondary N) is 1. The molecule has 1 aliphatic rings. The molecule has 3 aromatic rings. The van der Waals surface area contributed by atoms with E-state index in [1.807, 2.05) is 37.3 Å². The zero-order valence-corrected chi connectivity index (χ0v) is 17.4. The molecule has 1 N–H and O–H groups in total. The highest BCUT2D eigenvalue weighted by molar-refractivity contribution is 6.01. The summed E-state index contributed by atoms with van der Waals surface area (Å²) >= 11 is 0. The van der Waals surface area contributed by atoms with Gasteiger partial charge in [0.2, 0.25) is 5.91 Å². The van der Waals surface area contributed by atoms with Gasteiger partial charge in [-0.3, -0.25) is 4.79 Å². The van der Waals surface area contributed by atoms with Crippen molar-refractivity contribution in [1.82, 2.24) is 14.8 Å². The highest BCUT2D eigenvalue weighted by Crippen LogP contribution is 2.28. The number of carbonyl (C=O) groups is 2. The monoisotopic (exact) mass is 406 g/mol. The molecule has 7 heteroatoms. The smallest absolute Gasteiger partial charge is 0.343 e. The van der Waals surface area contributed by atoms with E-state index in [0.717, 1.165) is 48.6 Å². The Hall–Kier alpha value is -3.22. The lowest BCUT2D eigenvalue weighted by atomic mass is 9.88. The molecule has 0 unspecified atom stereocenters. The maximum absolute atomic E-state index is 12.9. The van der Waals surface area contributed by atoms with Gasteiger partial charge in [-0.2, -0.15) is 9.78 Å². The minimum atomic E-state index is -0.514. The van der Waals surface area contributed by atoms with E-state index in [2.05, 4.69) is 10.4 Å². The summed E-state index contributed by atoms with van der Waals surface area (Å²) in [5.74, 6) is 0.204. The summed E-state index contributed by atoms with van der Waals surface area (Å²) in [5, 5.41) is 8.38. The molecular weight excluding hydrogens is 380 g/mol. The fourth-order valence-corrected chi connectivity index (χ4v) is 4.02. The molecule has 0 atom stereocenters. The third-order valence-corrected chi connectivity index (χ3v) is 5.61. The van der Waals surface area contributed by atoms with Gasteiger partial charge in [-0.15, -0.1) is 0 Å². The molecule has 156 valence electrons. The molecular formula is C23H26N4O3. The van der Waals surface area contributed by atoms with Crippen molar-refractivity contribution < 1.29 is 14.3 Å². The summed E-state index contributed by atoms with van der Waals surface area (Å²) < 4.78 is 6.70. The second-order valence-corrected chi connectivity index (χ2v) is 7.68. The van der Waals surface area contributed by atoms with Gasteiger partial charge in [0.1, 0.15) is 5.56 Å². The minimum Gasteiger partial charge on any atom is -0.462 e. The van der Waals surface area contributed by atoms with Gasteiger partial charge >= 0.3 is 5.97 Å². The number of hydrogen-bond donors (Lipinski definition) is 1. The highest BCUT2D eigenvalue weighted by atomic mass is 16.5. The SMILES string of the molecule is CCOC(=O)c1cnn(-c2cc(C)c3ccccc3n2)c1NC(=O)C1CCCCC1. The number of nitrogens with zero attached hydrogens (tertiary/aromatic N) is 3. The number of amides is 1. The highest BCUT2D eigenvalue weighted by Gasteiger charge is 2.26. The number of benzene rings is 1. The van der Waals surface area contributed by atoms with E-state index in [1.165, 1.54) is 10.9 Å². The van der Waals surface area contributed by atoms with Crippen LogP contribution in [0.4, 0.5) is 5.82 Å². The van der Waals surface area contributed by atoms with E-state index in [0.29, 0.717) is 11.6 Å². The van der Waals surface area contributed by atoms with Crippen molar-refractivity contribution >= 4 is 28.6 Å². The Balaban J connectivity index is 1.76. The maximum atomic E-state index is 12.9. The largest absolute Gasteiger partial charge is 0.462 e. The Labute approximate surface area is 175 Å². The van der Waals surface area contributed by atoms with Crippen LogP contribution in [0.5, 0.6) is 0 Å². The number of hydrogen-bond acceptors (Lipinski definition) is 5. The lowest BCUT2D eigenvalue weighted by Crippen LogP contribution is -2.27. The van der Waals surface area contributed by atoms with Gasteiger partial charge in [-0.25, -0.2) is 9.78 Å². The number of carbonyl (C=O) groups excluding carboxylic acids is 2. The van der Waals surface area contributed by atoms with E-state index < -0.39 is 5.97 Å². The molecule has 2 heterocycles. The Morgan fingerprint density at radius 3 is 2.73 bits per heavy atom. The van der Waals surface area contributed by atoms with E-state index in [4.69, 9.17) is 9.72 Å². The first-order valence-electron chi connectivity index (χ1n) is 10.5. The number of ether oxygens (including phenoxy) is 1. The Morgan fingerprint density at radius 2 is 1.97 bits per heavy atom. The normalized spacial score (nSPS) is 14.6. The zero-order valence-electron chi connectivity index (χ0n) is 17.4. The van der Waals surface area contributed by atoms with Crippen molar-refractivity contribution in [2.24, 2.45) is 5.92 Å². The van der Waals surface area contributed by atoms with Gasteiger partial charge in [-0.1, -0.05) is 37.5 Å². The van der Waals surface area contributed by atoms with Crippen molar-refractivity contribution in [2.45, 2.75) is 46.0 Å². The molecule has 0 radical (unpaired) electrons. The average molecular weight is 406 g/mol. The first kappa shape index (κ1) is 20.1. The molecule has 1 amide bonds. The van der Waals surface area contributed by atoms with Crippen molar-refractivity contribution in [1.29, 1.82) is 0 Å². The Morgan fingerprint density at radius 1 is 1.20 bits per heavy atom. The van der Waals surface area contributed by atoms with Crippen LogP contribution < -0.4 is 5.32 Å². The minimum absolute atomic E-state index is 0.0524. The van der Waals surface area contributed by atoms with E-state index in [-0.39, 0.29) is 24.0 Å². The zero-order chi connectivity index (χ0) is 21.1. The second-order valence-electron chi connectivity index (χ2n) is 7.68. The molecule has 0 saturated heterocycles. The van der Waals surface area contributed by atoms with Crippen LogP contribution in [0.15, 0.2) is 36.5 Å². The lowest BCUT2D eigenvalue weighted by Gasteiger charge is -2.21. The number of para-hydroxylation sites is 1. The fourth-order valence-electron chi connectivity index (χ4n) is 4.02. The lowest BCUT2D eigenvalue weighted by molar-refractivity contribution is -0.120. The summed E-state index contributed by atoms with van der Waals surface area (Å²) in [5.41, 5.74) is 2.09. The Kier molecular flexibility index (Phi) is 5.79. The number of fused-ring (bicyclic) bond motifs is 1. The molecule has 1 fully saturated rings. The number of esters is 1. The quantitative estimate of drug-likeness (QED) is 0.634. The fraction of sp³-hybridized carbons (Fsp3) is 0.391. The predicted molar refractivity (Wildman–Crippen MR) is 115 cm³/mol. The molecule has 30 heavy (non-hydrogen) atoms. The first-order valence-corrected chi connectivity index (χ1v) is 10.5. The molecule has 4 rings (SSSR count). The van der Waals surface area contributed by atoms with Crippen LogP contribution in [0, 0.1) is 12.8 Å². The van der Waals surface area contributed by atoms with Gasteiger partial charge in [0.05, 0.1) is 18.3 Å². The predicted octanol–water partition coefficient (Wildman–Crippen LogP) is 4.42. The summed E-state index contributed by atoms with van der Waals surface area (Å²) in [4.78, 5) is 30.1. The number of pyridine rings is 1. The Bertz CT molecular complexity index is 1080. The van der Waals surface area contributed by atoms with Crippen molar-refractivity contribution in [3.8, 4) is 5.82 Å². The third kappa shape index (κ3) is 3.92. The molecule has 7 nitrogen and oxygen atoms in total. The maximum Gasteiger partial charge on any atom is 0.343 e. The van der Waals surface area contributed by atoms with Crippen LogP contribution in [0.25, 0.3) is 16.7 Å². The summed E-state index contributed by atoms with van der Waals surface area (Å²) in [6, 6.07) is 9.75. The van der Waals surface area contributed by atoms with Gasteiger partial charge in [0.15, 0.2) is 11.6 Å². The molecule has 1 saturated carbocycles.